The SMILES string of the molecule is CCN(CCC(F)(F)F)C(=O)C[C@@H]1CSCCS1. The number of hydrogen-bond acceptors (Lipinski definition) is 3. The van der Waals surface area contributed by atoms with Gasteiger partial charge >= 0.3 is 6.18 Å². The first-order chi connectivity index (χ1) is 8.42. The van der Waals surface area contributed by atoms with Gasteiger partial charge in [0.2, 0.25) is 5.91 Å². The third-order valence-corrected chi connectivity index (χ3v) is 5.53. The van der Waals surface area contributed by atoms with E-state index in [-0.39, 0.29) is 17.7 Å². The van der Waals surface area contributed by atoms with Crippen molar-refractivity contribution in [2.24, 2.45) is 0 Å². The minimum Gasteiger partial charge on any atom is -0.343 e. The Balaban J connectivity index is 2.36. The summed E-state index contributed by atoms with van der Waals surface area (Å²) in [6, 6.07) is 0. The summed E-state index contributed by atoms with van der Waals surface area (Å²) in [4.78, 5) is 13.2. The molecule has 0 N–H and O–H groups in total. The molecule has 0 aromatic rings. The van der Waals surface area contributed by atoms with Crippen molar-refractivity contribution < 1.29 is 18.0 Å². The number of carbonyl (C=O) groups excluding carboxylic acids is 1. The highest BCUT2D eigenvalue weighted by molar-refractivity contribution is 8.06. The van der Waals surface area contributed by atoms with Crippen molar-refractivity contribution in [3.63, 3.8) is 0 Å². The molecule has 1 rings (SSSR count). The fraction of sp³-hybridized carbons (Fsp3) is 0.909. The van der Waals surface area contributed by atoms with Crippen LogP contribution in [0, 0.1) is 0 Å². The highest BCUT2D eigenvalue weighted by atomic mass is 32.2. The van der Waals surface area contributed by atoms with Gasteiger partial charge in [-0.1, -0.05) is 0 Å². The average Bonchev–Trinajstić information content (AvgIpc) is 2.29. The van der Waals surface area contributed by atoms with Gasteiger partial charge in [-0.15, -0.1) is 0 Å². The van der Waals surface area contributed by atoms with E-state index in [1.165, 1.54) is 4.90 Å². The second-order valence-corrected chi connectivity index (χ2v) is 6.67. The lowest BCUT2D eigenvalue weighted by atomic mass is 10.2. The molecule has 0 unspecified atom stereocenters. The number of amides is 1. The van der Waals surface area contributed by atoms with Crippen LogP contribution in [-0.4, -0.2) is 52.6 Å². The number of hydrogen-bond donors (Lipinski definition) is 0. The van der Waals surface area contributed by atoms with Crippen molar-refractivity contribution in [2.45, 2.75) is 31.2 Å². The Hall–Kier alpha value is -0.0400. The summed E-state index contributed by atoms with van der Waals surface area (Å²) >= 11 is 3.56. The van der Waals surface area contributed by atoms with Crippen molar-refractivity contribution in [2.75, 3.05) is 30.3 Å². The lowest BCUT2D eigenvalue weighted by molar-refractivity contribution is -0.145. The number of thioether (sulfide) groups is 2. The minimum atomic E-state index is -4.19. The Morgan fingerprint density at radius 1 is 1.39 bits per heavy atom. The molecular formula is C11H18F3NOS2. The summed E-state index contributed by atoms with van der Waals surface area (Å²) in [6.45, 7) is 1.85. The Bertz CT molecular complexity index is 268. The number of nitrogens with zero attached hydrogens (tertiary/aromatic N) is 1. The predicted molar refractivity (Wildman–Crippen MR) is 71.1 cm³/mol. The van der Waals surface area contributed by atoms with E-state index >= 15 is 0 Å². The zero-order valence-electron chi connectivity index (χ0n) is 10.3. The van der Waals surface area contributed by atoms with Crippen LogP contribution in [0.2, 0.25) is 0 Å². The standard InChI is InChI=1S/C11H18F3NOS2/c1-2-15(4-3-11(12,13)14)10(16)7-9-8-17-5-6-18-9/h9H,2-8H2,1H3/t9-/m1/s1. The molecule has 1 heterocycles. The van der Waals surface area contributed by atoms with Crippen molar-refractivity contribution in [3.8, 4) is 0 Å². The largest absolute Gasteiger partial charge is 0.390 e. The Labute approximate surface area is 114 Å². The van der Waals surface area contributed by atoms with Crippen LogP contribution in [0.4, 0.5) is 13.2 Å². The van der Waals surface area contributed by atoms with E-state index in [4.69, 9.17) is 0 Å². The highest BCUT2D eigenvalue weighted by Crippen LogP contribution is 2.27. The van der Waals surface area contributed by atoms with Crippen molar-refractivity contribution in [3.05, 3.63) is 0 Å². The van der Waals surface area contributed by atoms with Gasteiger partial charge in [-0.25, -0.2) is 0 Å². The molecule has 7 heteroatoms. The number of rotatable bonds is 5. The molecule has 0 saturated carbocycles. The van der Waals surface area contributed by atoms with Gasteiger partial charge in [0.1, 0.15) is 0 Å². The van der Waals surface area contributed by atoms with Gasteiger partial charge in [0.25, 0.3) is 0 Å². The van der Waals surface area contributed by atoms with E-state index in [9.17, 15) is 18.0 Å². The van der Waals surface area contributed by atoms with Crippen molar-refractivity contribution in [1.82, 2.24) is 4.90 Å². The van der Waals surface area contributed by atoms with E-state index in [0.717, 1.165) is 17.3 Å². The van der Waals surface area contributed by atoms with Gasteiger partial charge in [-0.05, 0) is 6.92 Å². The van der Waals surface area contributed by atoms with E-state index < -0.39 is 12.6 Å². The molecule has 1 aliphatic heterocycles. The molecule has 0 aromatic heterocycles. The second kappa shape index (κ2) is 7.53. The molecule has 1 amide bonds. The maximum atomic E-state index is 12.1. The molecule has 2 nitrogen and oxygen atoms in total. The predicted octanol–water partition coefficient (Wildman–Crippen LogP) is 3.03. The maximum Gasteiger partial charge on any atom is 0.390 e. The first-order valence-electron chi connectivity index (χ1n) is 5.96. The molecule has 18 heavy (non-hydrogen) atoms. The summed E-state index contributed by atoms with van der Waals surface area (Å²) in [5.74, 6) is 2.90. The fourth-order valence-electron chi connectivity index (χ4n) is 1.70. The van der Waals surface area contributed by atoms with Crippen LogP contribution in [0.1, 0.15) is 19.8 Å². The molecule has 0 bridgehead atoms. The average molecular weight is 301 g/mol. The highest BCUT2D eigenvalue weighted by Gasteiger charge is 2.29. The van der Waals surface area contributed by atoms with Crippen LogP contribution in [0.5, 0.6) is 0 Å². The molecular weight excluding hydrogens is 283 g/mol. The van der Waals surface area contributed by atoms with Gasteiger partial charge in [0.05, 0.1) is 6.42 Å². The topological polar surface area (TPSA) is 20.3 Å². The molecule has 1 atom stereocenters. The third kappa shape index (κ3) is 6.22. The van der Waals surface area contributed by atoms with E-state index in [0.29, 0.717) is 13.0 Å². The Morgan fingerprint density at radius 2 is 2.11 bits per heavy atom. The lowest BCUT2D eigenvalue weighted by Gasteiger charge is -2.26. The second-order valence-electron chi connectivity index (χ2n) is 4.11. The van der Waals surface area contributed by atoms with Crippen LogP contribution in [0.3, 0.4) is 0 Å². The van der Waals surface area contributed by atoms with Crippen molar-refractivity contribution >= 4 is 29.4 Å². The summed E-state index contributed by atoms with van der Waals surface area (Å²) < 4.78 is 36.4. The Morgan fingerprint density at radius 3 is 2.61 bits per heavy atom. The van der Waals surface area contributed by atoms with Gasteiger partial charge in [0, 0.05) is 42.0 Å². The Kier molecular flexibility index (Phi) is 6.70. The summed E-state index contributed by atoms with van der Waals surface area (Å²) in [5.41, 5.74) is 0. The van der Waals surface area contributed by atoms with Crippen LogP contribution >= 0.6 is 23.5 Å². The summed E-state index contributed by atoms with van der Waals surface area (Å²) in [7, 11) is 0. The van der Waals surface area contributed by atoms with Crippen LogP contribution in [0.25, 0.3) is 0 Å². The van der Waals surface area contributed by atoms with Crippen LogP contribution in [-0.2, 0) is 4.79 Å². The number of carbonyl (C=O) groups is 1. The first-order valence-corrected chi connectivity index (χ1v) is 8.16. The zero-order valence-corrected chi connectivity index (χ0v) is 12.0. The molecule has 1 saturated heterocycles. The summed E-state index contributed by atoms with van der Waals surface area (Å²) in [5, 5.41) is 0.260. The quantitative estimate of drug-likeness (QED) is 0.778. The molecule has 1 fully saturated rings. The number of halogens is 3. The maximum absolute atomic E-state index is 12.1. The van der Waals surface area contributed by atoms with E-state index in [1.54, 1.807) is 18.7 Å². The van der Waals surface area contributed by atoms with E-state index in [1.807, 2.05) is 11.8 Å². The fourth-order valence-corrected chi connectivity index (χ4v) is 4.37. The molecule has 106 valence electrons. The lowest BCUT2D eigenvalue weighted by Crippen LogP contribution is -2.36. The smallest absolute Gasteiger partial charge is 0.343 e. The third-order valence-electron chi connectivity index (χ3n) is 2.69. The van der Waals surface area contributed by atoms with Gasteiger partial charge in [-0.3, -0.25) is 4.79 Å². The van der Waals surface area contributed by atoms with E-state index in [2.05, 4.69) is 0 Å². The van der Waals surface area contributed by atoms with Gasteiger partial charge in [-0.2, -0.15) is 36.7 Å². The molecule has 0 radical (unpaired) electrons. The molecule has 0 aliphatic carbocycles. The van der Waals surface area contributed by atoms with Crippen LogP contribution in [0.15, 0.2) is 0 Å². The molecule has 0 aromatic carbocycles. The zero-order chi connectivity index (χ0) is 13.6. The normalized spacial score (nSPS) is 20.8. The first kappa shape index (κ1) is 16.0. The van der Waals surface area contributed by atoms with Crippen LogP contribution < -0.4 is 0 Å². The van der Waals surface area contributed by atoms with Gasteiger partial charge < -0.3 is 4.90 Å². The molecule has 1 aliphatic rings. The number of alkyl halides is 3. The monoisotopic (exact) mass is 301 g/mol. The molecule has 0 spiro atoms. The van der Waals surface area contributed by atoms with Gasteiger partial charge in [0.15, 0.2) is 0 Å². The summed E-state index contributed by atoms with van der Waals surface area (Å²) in [6.07, 6.45) is -4.74. The van der Waals surface area contributed by atoms with Crippen molar-refractivity contribution in [1.29, 1.82) is 0 Å². The minimum absolute atomic E-state index is 0.151.